The van der Waals surface area contributed by atoms with E-state index in [2.05, 4.69) is 5.32 Å². The zero-order valence-electron chi connectivity index (χ0n) is 9.43. The molecular formula is C13H12N2O2. The fourth-order valence-corrected chi connectivity index (χ4v) is 1.63. The van der Waals surface area contributed by atoms with E-state index >= 15 is 0 Å². The molecule has 0 aliphatic rings. The number of hydrogen-bond donors (Lipinski definition) is 1. The smallest absolute Gasteiger partial charge is 0.241 e. The van der Waals surface area contributed by atoms with Crippen LogP contribution < -0.4 is 5.32 Å². The third-order valence-electron chi connectivity index (χ3n) is 2.62. The van der Waals surface area contributed by atoms with Crippen molar-refractivity contribution in [3.63, 3.8) is 0 Å². The van der Waals surface area contributed by atoms with Crippen molar-refractivity contribution < 1.29 is 9.21 Å². The highest BCUT2D eigenvalue weighted by atomic mass is 16.3. The van der Waals surface area contributed by atoms with Crippen molar-refractivity contribution in [2.24, 2.45) is 5.92 Å². The molecule has 1 unspecified atom stereocenters. The Balaban J connectivity index is 2.25. The van der Waals surface area contributed by atoms with E-state index < -0.39 is 5.92 Å². The Morgan fingerprint density at radius 1 is 1.53 bits per heavy atom. The van der Waals surface area contributed by atoms with Gasteiger partial charge in [-0.2, -0.15) is 5.26 Å². The van der Waals surface area contributed by atoms with E-state index in [9.17, 15) is 4.79 Å². The molecule has 0 fully saturated rings. The molecule has 1 aromatic carbocycles. The monoisotopic (exact) mass is 228 g/mol. The molecule has 2 rings (SSSR count). The predicted molar refractivity (Wildman–Crippen MR) is 64.2 cm³/mol. The quantitative estimate of drug-likeness (QED) is 0.878. The molecule has 4 nitrogen and oxygen atoms in total. The van der Waals surface area contributed by atoms with Crippen LogP contribution in [0.2, 0.25) is 0 Å². The topological polar surface area (TPSA) is 66.0 Å². The van der Waals surface area contributed by atoms with Crippen molar-refractivity contribution in [2.45, 2.75) is 13.3 Å². The minimum absolute atomic E-state index is 0.290. The first-order chi connectivity index (χ1) is 8.26. The predicted octanol–water partition coefficient (Wildman–Crippen LogP) is 2.92. The van der Waals surface area contributed by atoms with Crippen molar-refractivity contribution in [3.8, 4) is 6.07 Å². The van der Waals surface area contributed by atoms with Gasteiger partial charge in [0.05, 0.1) is 11.8 Å². The minimum Gasteiger partial charge on any atom is -0.462 e. The number of carbonyl (C=O) groups is 1. The lowest BCUT2D eigenvalue weighted by Crippen LogP contribution is -2.20. The summed E-state index contributed by atoms with van der Waals surface area (Å²) in [6.07, 6.45) is 1.99. The molecule has 1 amide bonds. The highest BCUT2D eigenvalue weighted by Gasteiger charge is 2.17. The summed E-state index contributed by atoms with van der Waals surface area (Å²) < 4.78 is 5.30. The average molecular weight is 228 g/mol. The number of nitrogens with zero attached hydrogens (tertiary/aromatic N) is 1. The maximum Gasteiger partial charge on any atom is 0.241 e. The molecule has 0 radical (unpaired) electrons. The van der Waals surface area contributed by atoms with E-state index in [0.29, 0.717) is 17.7 Å². The van der Waals surface area contributed by atoms with Crippen molar-refractivity contribution in [3.05, 3.63) is 30.5 Å². The molecule has 17 heavy (non-hydrogen) atoms. The van der Waals surface area contributed by atoms with Gasteiger partial charge in [-0.15, -0.1) is 0 Å². The van der Waals surface area contributed by atoms with E-state index in [-0.39, 0.29) is 5.91 Å². The summed E-state index contributed by atoms with van der Waals surface area (Å²) in [7, 11) is 0. The average Bonchev–Trinajstić information content (AvgIpc) is 2.74. The number of benzene rings is 1. The number of para-hydroxylation sites is 1. The highest BCUT2D eigenvalue weighted by molar-refractivity contribution is 6.02. The van der Waals surface area contributed by atoms with Gasteiger partial charge in [-0.3, -0.25) is 4.79 Å². The first kappa shape index (κ1) is 11.2. The maximum atomic E-state index is 11.7. The number of nitrogens with one attached hydrogen (secondary N) is 1. The number of hydrogen-bond acceptors (Lipinski definition) is 3. The molecule has 2 aromatic rings. The molecule has 4 heteroatoms. The number of fused-ring (bicyclic) bond motifs is 1. The molecule has 0 aliphatic heterocycles. The van der Waals surface area contributed by atoms with Crippen LogP contribution in [-0.4, -0.2) is 5.91 Å². The Morgan fingerprint density at radius 3 is 3.00 bits per heavy atom. The molecule has 1 N–H and O–H groups in total. The van der Waals surface area contributed by atoms with Crippen molar-refractivity contribution in [1.29, 1.82) is 5.26 Å². The summed E-state index contributed by atoms with van der Waals surface area (Å²) in [6, 6.07) is 9.39. The zero-order chi connectivity index (χ0) is 12.3. The summed E-state index contributed by atoms with van der Waals surface area (Å²) in [5.74, 6) is -0.912. The van der Waals surface area contributed by atoms with Crippen molar-refractivity contribution in [2.75, 3.05) is 5.32 Å². The second-order valence-corrected chi connectivity index (χ2v) is 3.72. The lowest BCUT2D eigenvalue weighted by Gasteiger charge is -2.06. The van der Waals surface area contributed by atoms with Crippen LogP contribution in [-0.2, 0) is 4.79 Å². The van der Waals surface area contributed by atoms with Crippen LogP contribution in [0.3, 0.4) is 0 Å². The number of furan rings is 1. The fraction of sp³-hybridized carbons (Fsp3) is 0.231. The van der Waals surface area contributed by atoms with E-state index in [1.54, 1.807) is 6.92 Å². The number of anilines is 1. The maximum absolute atomic E-state index is 11.7. The molecular weight excluding hydrogens is 216 g/mol. The molecule has 0 saturated carbocycles. The molecule has 86 valence electrons. The van der Waals surface area contributed by atoms with Gasteiger partial charge in [-0.05, 0) is 18.6 Å². The summed E-state index contributed by atoms with van der Waals surface area (Å²) in [6.45, 7) is 1.81. The number of rotatable bonds is 3. The van der Waals surface area contributed by atoms with Gasteiger partial charge in [0.15, 0.2) is 0 Å². The van der Waals surface area contributed by atoms with E-state index in [0.717, 1.165) is 5.39 Å². The Labute approximate surface area is 98.8 Å². The standard InChI is InChI=1S/C13H12N2O2/c1-2-9(7-14)13(16)15-11-8-17-12-6-4-3-5-10(11)12/h3-6,8-9H,2H2,1H3,(H,15,16). The molecule has 0 aliphatic carbocycles. The van der Waals surface area contributed by atoms with Gasteiger partial charge < -0.3 is 9.73 Å². The lowest BCUT2D eigenvalue weighted by atomic mass is 10.1. The van der Waals surface area contributed by atoms with Gasteiger partial charge in [-0.25, -0.2) is 0 Å². The van der Waals surface area contributed by atoms with Gasteiger partial charge in [0.25, 0.3) is 0 Å². The number of amides is 1. The first-order valence-corrected chi connectivity index (χ1v) is 5.43. The van der Waals surface area contributed by atoms with Crippen LogP contribution in [0.5, 0.6) is 0 Å². The third kappa shape index (κ3) is 2.13. The molecule has 0 saturated heterocycles. The van der Waals surface area contributed by atoms with Gasteiger partial charge >= 0.3 is 0 Å². The Hall–Kier alpha value is -2.28. The van der Waals surface area contributed by atoms with Crippen LogP contribution in [0.25, 0.3) is 11.0 Å². The normalized spacial score (nSPS) is 12.0. The van der Waals surface area contributed by atoms with Gasteiger partial charge in [0.1, 0.15) is 17.8 Å². The Kier molecular flexibility index (Phi) is 3.10. The largest absolute Gasteiger partial charge is 0.462 e. The van der Waals surface area contributed by atoms with Crippen LogP contribution >= 0.6 is 0 Å². The zero-order valence-corrected chi connectivity index (χ0v) is 9.43. The van der Waals surface area contributed by atoms with Crippen LogP contribution in [0.4, 0.5) is 5.69 Å². The van der Waals surface area contributed by atoms with E-state index in [1.165, 1.54) is 6.26 Å². The second kappa shape index (κ2) is 4.71. The molecule has 1 atom stereocenters. The summed E-state index contributed by atoms with van der Waals surface area (Å²) in [5.41, 5.74) is 1.33. The molecule has 0 spiro atoms. The summed E-state index contributed by atoms with van der Waals surface area (Å²) in [5, 5.41) is 12.4. The third-order valence-corrected chi connectivity index (χ3v) is 2.62. The first-order valence-electron chi connectivity index (χ1n) is 5.43. The molecule has 1 aromatic heterocycles. The van der Waals surface area contributed by atoms with E-state index in [4.69, 9.17) is 9.68 Å². The number of carbonyl (C=O) groups excluding carboxylic acids is 1. The highest BCUT2D eigenvalue weighted by Crippen LogP contribution is 2.25. The van der Waals surface area contributed by atoms with Gasteiger partial charge in [-0.1, -0.05) is 19.1 Å². The summed E-state index contributed by atoms with van der Waals surface area (Å²) >= 11 is 0. The molecule has 1 heterocycles. The van der Waals surface area contributed by atoms with E-state index in [1.807, 2.05) is 30.3 Å². The Morgan fingerprint density at radius 2 is 2.29 bits per heavy atom. The summed E-state index contributed by atoms with van der Waals surface area (Å²) in [4.78, 5) is 11.7. The molecule has 0 bridgehead atoms. The van der Waals surface area contributed by atoms with Gasteiger partial charge in [0, 0.05) is 5.39 Å². The van der Waals surface area contributed by atoms with Gasteiger partial charge in [0.2, 0.25) is 5.91 Å². The minimum atomic E-state index is -0.622. The van der Waals surface area contributed by atoms with Crippen molar-refractivity contribution in [1.82, 2.24) is 0 Å². The van der Waals surface area contributed by atoms with Crippen LogP contribution in [0, 0.1) is 17.2 Å². The second-order valence-electron chi connectivity index (χ2n) is 3.72. The SMILES string of the molecule is CCC(C#N)C(=O)Nc1coc2ccccc12. The van der Waals surface area contributed by atoms with Crippen LogP contribution in [0.15, 0.2) is 34.9 Å². The Bertz CT molecular complexity index is 580. The fourth-order valence-electron chi connectivity index (χ4n) is 1.63. The lowest BCUT2D eigenvalue weighted by molar-refractivity contribution is -0.118. The number of nitriles is 1. The van der Waals surface area contributed by atoms with Crippen LogP contribution in [0.1, 0.15) is 13.3 Å². The van der Waals surface area contributed by atoms with Crippen molar-refractivity contribution >= 4 is 22.6 Å².